The van der Waals surface area contributed by atoms with E-state index in [9.17, 15) is 18.3 Å². The van der Waals surface area contributed by atoms with Gasteiger partial charge in [0.05, 0.1) is 10.7 Å². The van der Waals surface area contributed by atoms with Gasteiger partial charge in [0.15, 0.2) is 0 Å². The van der Waals surface area contributed by atoms with Crippen molar-refractivity contribution in [2.24, 2.45) is 5.14 Å². The van der Waals surface area contributed by atoms with Gasteiger partial charge in [0.2, 0.25) is 15.9 Å². The normalized spacial score (nSPS) is 20.4. The SMILES string of the molecule is NS(=O)(=O)C1CC(=O)N(c2ccc(O)cc2Cl)C1. The zero-order chi connectivity index (χ0) is 13.5. The first-order valence-corrected chi connectivity index (χ1v) is 7.08. The Bertz CT molecular complexity index is 602. The number of hydrogen-bond acceptors (Lipinski definition) is 4. The highest BCUT2D eigenvalue weighted by Gasteiger charge is 2.37. The van der Waals surface area contributed by atoms with Gasteiger partial charge in [0.25, 0.3) is 0 Å². The average molecular weight is 291 g/mol. The van der Waals surface area contributed by atoms with Crippen LogP contribution in [0.5, 0.6) is 5.75 Å². The standard InChI is InChI=1S/C10H11ClN2O4S/c11-8-3-6(14)1-2-9(8)13-5-7(4-10(13)15)18(12,16)17/h1-3,7,14H,4-5H2,(H2,12,16,17). The molecule has 8 heteroatoms. The number of nitrogens with two attached hydrogens (primary N) is 1. The number of phenols is 1. The lowest BCUT2D eigenvalue weighted by atomic mass is 10.3. The van der Waals surface area contributed by atoms with Crippen LogP contribution in [-0.4, -0.2) is 31.2 Å². The van der Waals surface area contributed by atoms with E-state index in [0.29, 0.717) is 5.69 Å². The van der Waals surface area contributed by atoms with Gasteiger partial charge in [-0.3, -0.25) is 4.79 Å². The first kappa shape index (κ1) is 13.1. The van der Waals surface area contributed by atoms with Crippen molar-refractivity contribution < 1.29 is 18.3 Å². The molecule has 1 saturated heterocycles. The lowest BCUT2D eigenvalue weighted by Crippen LogP contribution is -2.32. The van der Waals surface area contributed by atoms with E-state index in [1.165, 1.54) is 23.1 Å². The van der Waals surface area contributed by atoms with Crippen LogP contribution in [0, 0.1) is 0 Å². The predicted molar refractivity (Wildman–Crippen MR) is 67.0 cm³/mol. The maximum absolute atomic E-state index is 11.8. The third-order valence-corrected chi connectivity index (χ3v) is 4.32. The van der Waals surface area contributed by atoms with E-state index in [2.05, 4.69) is 0 Å². The van der Waals surface area contributed by atoms with E-state index in [4.69, 9.17) is 16.7 Å². The Morgan fingerprint density at radius 1 is 1.44 bits per heavy atom. The number of carbonyl (C=O) groups excluding carboxylic acids is 1. The number of rotatable bonds is 2. The van der Waals surface area contributed by atoms with Crippen LogP contribution in [0.1, 0.15) is 6.42 Å². The van der Waals surface area contributed by atoms with Gasteiger partial charge in [0.1, 0.15) is 11.0 Å². The molecule has 1 aliphatic rings. The molecule has 1 aliphatic heterocycles. The Labute approximate surface area is 109 Å². The molecule has 0 radical (unpaired) electrons. The second kappa shape index (κ2) is 4.42. The van der Waals surface area contributed by atoms with Crippen LogP contribution in [-0.2, 0) is 14.8 Å². The zero-order valence-electron chi connectivity index (χ0n) is 9.21. The predicted octanol–water partition coefficient (Wildman–Crippen LogP) is 0.439. The Kier molecular flexibility index (Phi) is 3.22. The molecule has 0 saturated carbocycles. The van der Waals surface area contributed by atoms with E-state index < -0.39 is 15.3 Å². The Balaban J connectivity index is 2.33. The molecule has 18 heavy (non-hydrogen) atoms. The molecule has 6 nitrogen and oxygen atoms in total. The fourth-order valence-electron chi connectivity index (χ4n) is 1.84. The van der Waals surface area contributed by atoms with Crippen LogP contribution in [0.2, 0.25) is 5.02 Å². The Morgan fingerprint density at radius 2 is 2.11 bits per heavy atom. The van der Waals surface area contributed by atoms with Gasteiger partial charge in [-0.1, -0.05) is 11.6 Å². The van der Waals surface area contributed by atoms with Crippen molar-refractivity contribution in [1.29, 1.82) is 0 Å². The summed E-state index contributed by atoms with van der Waals surface area (Å²) in [7, 11) is -3.75. The second-order valence-electron chi connectivity index (χ2n) is 4.06. The highest BCUT2D eigenvalue weighted by Crippen LogP contribution is 2.32. The summed E-state index contributed by atoms with van der Waals surface area (Å²) in [6.45, 7) is -0.0256. The molecule has 0 aromatic heterocycles. The molecule has 1 aromatic carbocycles. The molecule has 1 amide bonds. The summed E-state index contributed by atoms with van der Waals surface area (Å²) in [6, 6.07) is 4.12. The first-order chi connectivity index (χ1) is 8.29. The molecule has 1 heterocycles. The highest BCUT2D eigenvalue weighted by molar-refractivity contribution is 7.89. The number of nitrogens with zero attached hydrogens (tertiary/aromatic N) is 1. The van der Waals surface area contributed by atoms with Crippen molar-refractivity contribution in [3.8, 4) is 5.75 Å². The molecular weight excluding hydrogens is 280 g/mol. The van der Waals surface area contributed by atoms with Crippen LogP contribution in [0.3, 0.4) is 0 Å². The minimum absolute atomic E-state index is 0.0256. The number of sulfonamides is 1. The van der Waals surface area contributed by atoms with Gasteiger partial charge in [-0.2, -0.15) is 0 Å². The van der Waals surface area contributed by atoms with Gasteiger partial charge >= 0.3 is 0 Å². The fourth-order valence-corrected chi connectivity index (χ4v) is 2.85. The van der Waals surface area contributed by atoms with E-state index in [0.717, 1.165) is 0 Å². The third kappa shape index (κ3) is 2.43. The second-order valence-corrected chi connectivity index (χ2v) is 6.31. The summed E-state index contributed by atoms with van der Waals surface area (Å²) in [5.74, 6) is -0.389. The number of phenolic OH excluding ortho intramolecular Hbond substituents is 1. The maximum Gasteiger partial charge on any atom is 0.228 e. The van der Waals surface area contributed by atoms with Gasteiger partial charge in [0, 0.05) is 19.0 Å². The molecule has 1 unspecified atom stereocenters. The highest BCUT2D eigenvalue weighted by atomic mass is 35.5. The van der Waals surface area contributed by atoms with Crippen LogP contribution in [0.25, 0.3) is 0 Å². The summed E-state index contributed by atoms with van der Waals surface area (Å²) < 4.78 is 22.4. The number of amides is 1. The lowest BCUT2D eigenvalue weighted by molar-refractivity contribution is -0.117. The fraction of sp³-hybridized carbons (Fsp3) is 0.300. The molecule has 2 rings (SSSR count). The summed E-state index contributed by atoms with van der Waals surface area (Å²) in [4.78, 5) is 13.0. The average Bonchev–Trinajstić information content (AvgIpc) is 2.60. The molecular formula is C10H11ClN2O4S. The monoisotopic (exact) mass is 290 g/mol. The van der Waals surface area contributed by atoms with E-state index in [1.54, 1.807) is 0 Å². The number of hydrogen-bond donors (Lipinski definition) is 2. The van der Waals surface area contributed by atoms with Crippen molar-refractivity contribution in [1.82, 2.24) is 0 Å². The summed E-state index contributed by atoms with van der Waals surface area (Å²) >= 11 is 5.90. The minimum Gasteiger partial charge on any atom is -0.508 e. The number of aromatic hydroxyl groups is 1. The molecule has 1 fully saturated rings. The van der Waals surface area contributed by atoms with Crippen molar-refractivity contribution in [2.75, 3.05) is 11.4 Å². The Hall–Kier alpha value is -1.31. The maximum atomic E-state index is 11.8. The zero-order valence-corrected chi connectivity index (χ0v) is 10.8. The quantitative estimate of drug-likeness (QED) is 0.825. The lowest BCUT2D eigenvalue weighted by Gasteiger charge is -2.17. The van der Waals surface area contributed by atoms with Crippen LogP contribution < -0.4 is 10.0 Å². The number of primary sulfonamides is 1. The van der Waals surface area contributed by atoms with E-state index in [-0.39, 0.29) is 29.6 Å². The summed E-state index contributed by atoms with van der Waals surface area (Å²) in [6.07, 6.45) is -0.157. The summed E-state index contributed by atoms with van der Waals surface area (Å²) in [5.41, 5.74) is 0.366. The smallest absolute Gasteiger partial charge is 0.228 e. The van der Waals surface area contributed by atoms with Gasteiger partial charge in [-0.25, -0.2) is 13.6 Å². The van der Waals surface area contributed by atoms with Crippen molar-refractivity contribution in [3.05, 3.63) is 23.2 Å². The molecule has 0 bridgehead atoms. The molecule has 98 valence electrons. The number of anilines is 1. The molecule has 1 atom stereocenters. The molecule has 0 spiro atoms. The number of carbonyl (C=O) groups is 1. The van der Waals surface area contributed by atoms with Crippen LogP contribution in [0.15, 0.2) is 18.2 Å². The third-order valence-electron chi connectivity index (χ3n) is 2.78. The van der Waals surface area contributed by atoms with Crippen LogP contribution >= 0.6 is 11.6 Å². The van der Waals surface area contributed by atoms with Gasteiger partial charge in [-0.15, -0.1) is 0 Å². The molecule has 3 N–H and O–H groups in total. The minimum atomic E-state index is -3.75. The van der Waals surface area contributed by atoms with Crippen LogP contribution in [0.4, 0.5) is 5.69 Å². The molecule has 1 aromatic rings. The van der Waals surface area contributed by atoms with Gasteiger partial charge < -0.3 is 10.0 Å². The van der Waals surface area contributed by atoms with Crippen molar-refractivity contribution in [2.45, 2.75) is 11.7 Å². The van der Waals surface area contributed by atoms with Crippen molar-refractivity contribution >= 4 is 33.2 Å². The Morgan fingerprint density at radius 3 is 2.61 bits per heavy atom. The number of halogens is 1. The largest absolute Gasteiger partial charge is 0.508 e. The van der Waals surface area contributed by atoms with E-state index in [1.807, 2.05) is 0 Å². The summed E-state index contributed by atoms with van der Waals surface area (Å²) in [5, 5.41) is 13.5. The van der Waals surface area contributed by atoms with Gasteiger partial charge in [-0.05, 0) is 12.1 Å². The van der Waals surface area contributed by atoms with Crippen molar-refractivity contribution in [3.63, 3.8) is 0 Å². The number of benzene rings is 1. The van der Waals surface area contributed by atoms with E-state index >= 15 is 0 Å². The first-order valence-electron chi connectivity index (χ1n) is 5.09. The molecule has 0 aliphatic carbocycles. The topological polar surface area (TPSA) is 101 Å².